The van der Waals surface area contributed by atoms with E-state index in [9.17, 15) is 62.3 Å². The lowest BCUT2D eigenvalue weighted by Gasteiger charge is -2.63. The molecule has 114 heavy (non-hydrogen) atoms. The van der Waals surface area contributed by atoms with Crippen LogP contribution in [0.15, 0.2) is 0 Å². The first-order valence-corrected chi connectivity index (χ1v) is 37.8. The Morgan fingerprint density at radius 2 is 0.570 bits per heavy atom. The van der Waals surface area contributed by atoms with Crippen LogP contribution < -0.4 is 37.2 Å². The van der Waals surface area contributed by atoms with Crippen molar-refractivity contribution in [3.63, 3.8) is 0 Å². The van der Waals surface area contributed by atoms with E-state index in [1.807, 2.05) is 0 Å². The summed E-state index contributed by atoms with van der Waals surface area (Å²) in [4.78, 5) is 161. The second-order valence-corrected chi connectivity index (χ2v) is 28.8. The molecule has 6 heterocycles. The number of nitrogens with one attached hydrogen (secondary N) is 7. The molecular formula is C69H103N7O35S3. The number of rotatable bonds is 37. The van der Waals surface area contributed by atoms with Crippen LogP contribution in [0.25, 0.3) is 0 Å². The summed E-state index contributed by atoms with van der Waals surface area (Å²) in [5, 5.41) is 20.3. The van der Waals surface area contributed by atoms with Gasteiger partial charge >= 0.3 is 77.7 Å². The number of alkyl carbamates (subject to hydrolysis) is 1. The van der Waals surface area contributed by atoms with Gasteiger partial charge in [0, 0.05) is 136 Å². The lowest BCUT2D eigenvalue weighted by molar-refractivity contribution is -0.544. The molecule has 6 saturated heterocycles. The third kappa shape index (κ3) is 30.0. The van der Waals surface area contributed by atoms with Crippen LogP contribution >= 0.6 is 36.7 Å². The Morgan fingerprint density at radius 3 is 0.816 bits per heavy atom. The van der Waals surface area contributed by atoms with E-state index < -0.39 is 238 Å². The van der Waals surface area contributed by atoms with E-state index in [1.54, 1.807) is 20.8 Å². The molecule has 0 unspecified atom stereocenters. The Balaban J connectivity index is 1.24. The second-order valence-electron chi connectivity index (χ2n) is 27.6. The lowest BCUT2D eigenvalue weighted by atomic mass is 9.81. The van der Waals surface area contributed by atoms with E-state index in [4.69, 9.17) is 141 Å². The predicted molar refractivity (Wildman–Crippen MR) is 391 cm³/mol. The van der Waals surface area contributed by atoms with Crippen molar-refractivity contribution in [1.29, 1.82) is 0 Å². The highest BCUT2D eigenvalue weighted by molar-refractivity contribution is 7.80. The van der Waals surface area contributed by atoms with Crippen molar-refractivity contribution in [2.45, 2.75) is 276 Å². The Labute approximate surface area is 672 Å². The van der Waals surface area contributed by atoms with Gasteiger partial charge in [0.15, 0.2) is 89.0 Å². The number of carbonyl (C=O) groups excluding carboxylic acids is 13. The van der Waals surface area contributed by atoms with Crippen molar-refractivity contribution in [2.75, 3.05) is 65.8 Å². The first-order valence-electron chi connectivity index (χ1n) is 36.5. The van der Waals surface area contributed by atoms with Gasteiger partial charge in [-0.2, -0.15) is 0 Å². The minimum atomic E-state index is -1.76. The Hall–Kier alpha value is -8.38. The van der Waals surface area contributed by atoms with Crippen LogP contribution in [0.5, 0.6) is 0 Å². The Morgan fingerprint density at radius 1 is 0.325 bits per heavy atom. The minimum Gasteiger partial charge on any atom is -0.463 e. The highest BCUT2D eigenvalue weighted by Crippen LogP contribution is 2.50. The van der Waals surface area contributed by atoms with E-state index in [2.05, 4.69) is 37.2 Å². The average Bonchev–Trinajstić information content (AvgIpc) is 0.705. The summed E-state index contributed by atoms with van der Waals surface area (Å²) >= 11 is 17.0. The molecular weight excluding hydrogens is 1580 g/mol. The molecule has 4 bridgehead atoms. The quantitative estimate of drug-likeness (QED) is 0.0172. The zero-order valence-electron chi connectivity index (χ0n) is 65.7. The lowest BCUT2D eigenvalue weighted by Crippen LogP contribution is -2.80. The molecule has 42 nitrogen and oxygen atoms in total. The number of thiocarbonyl (C=S) groups is 3. The molecule has 0 aromatic carbocycles. The van der Waals surface area contributed by atoms with Crippen molar-refractivity contribution in [1.82, 2.24) is 37.2 Å². The van der Waals surface area contributed by atoms with Gasteiger partial charge in [0.1, 0.15) is 80.4 Å². The first kappa shape index (κ1) is 94.5. The molecule has 7 fully saturated rings. The van der Waals surface area contributed by atoms with Crippen LogP contribution in [0.3, 0.4) is 0 Å². The molecule has 1 amide bonds. The van der Waals surface area contributed by atoms with Gasteiger partial charge in [0.25, 0.3) is 5.97 Å². The predicted octanol–water partition coefficient (Wildman–Crippen LogP) is -0.891. The molecule has 6 aliphatic heterocycles. The number of hydrogen-bond donors (Lipinski definition) is 7. The largest absolute Gasteiger partial charge is 0.463 e. The summed E-state index contributed by atoms with van der Waals surface area (Å²) in [7, 11) is 0. The van der Waals surface area contributed by atoms with E-state index in [0.29, 0.717) is 0 Å². The maximum Gasteiger partial charge on any atom is 0.407 e. The van der Waals surface area contributed by atoms with Crippen LogP contribution in [0.1, 0.15) is 136 Å². The molecule has 45 heteroatoms. The van der Waals surface area contributed by atoms with Gasteiger partial charge in [-0.05, 0) is 83.1 Å². The van der Waals surface area contributed by atoms with Gasteiger partial charge < -0.3 is 141 Å². The fraction of sp³-hybridized carbons (Fsp3) is 0.768. The number of esters is 12. The number of hydrogen-bond acceptors (Lipinski definition) is 38. The maximum absolute atomic E-state index is 12.8. The summed E-state index contributed by atoms with van der Waals surface area (Å²) < 4.78 is 130. The third-order valence-corrected chi connectivity index (χ3v) is 17.5. The van der Waals surface area contributed by atoms with Gasteiger partial charge in [-0.15, -0.1) is 0 Å². The SMILES string of the molecule is CC(=O)OC[C@H]1O[C@@H](NC(=S)NCCCOC2C3OC4(CCCNC(=O)OC(C)(C)C)OC2C(OCCCNC(=S)N[C@@H]2O[C@H](COC(C)=O)[C@@H](OC(C)=O)[C@H](OC(C)=O)[C@H]2OC(C)=O)C(O4)C3OCCCNC(=S)N[C@@H]2O[C@H](COC(C)=O)[C@@H](OC(C)=O)[C@H](OC(C)=O)[C@H]2OC(C)=O)[C@H](OC(C)=O)[C@@H](OC(C)=O)[C@@H]1OC(C)=O. The molecule has 7 N–H and O–H groups in total. The first-order chi connectivity index (χ1) is 53.6. The van der Waals surface area contributed by atoms with Crippen LogP contribution in [-0.2, 0) is 162 Å². The van der Waals surface area contributed by atoms with Crippen molar-refractivity contribution in [3.8, 4) is 0 Å². The standard InChI is InChI=1S/C69H103N7O35S3/c1-31(77)93-28-43-46(96-34(4)80)52(99-37(7)83)58(102-40(10)86)61(105-43)74-64(112)70-22-17-25-90-49-55-50(91-26-18-23-71-65(113)75-62-59(103-41(11)87)53(100-38(8)84)47(97-35(5)81)44(106-62)29-94-32(2)78)57-51(56(49)109-69(108-55,110-57)20-16-21-73-67(89)111-68(13,14)15)92-27-19-24-72-66(114)76-63-60(104-42(12)88)54(101-39(9)85)48(98-36(6)82)45(107-63)30-95-33(3)79/h43-63H,16-30H2,1-15H3,(H,73,89)(H2,70,74,112)(H2,71,75,113)(H2,72,76,114)/t43-,44-,45-,46-,47-,48-,49?,50?,51?,52+,53+,54+,55?,56?,57?,58-,59-,60-,61-,62-,63-,69?/m1/s1. The fourth-order valence-corrected chi connectivity index (χ4v) is 13.5. The summed E-state index contributed by atoms with van der Waals surface area (Å²) in [6, 6.07) is 0. The van der Waals surface area contributed by atoms with E-state index in [1.165, 1.54) is 0 Å². The monoisotopic (exact) mass is 1690 g/mol. The van der Waals surface area contributed by atoms with Gasteiger partial charge in [-0.3, -0.25) is 57.5 Å². The molecule has 1 saturated carbocycles. The molecule has 7 rings (SSSR count). The van der Waals surface area contributed by atoms with Crippen molar-refractivity contribution < 1.29 is 167 Å². The summed E-state index contributed by atoms with van der Waals surface area (Å²) in [5.41, 5.74) is -0.799. The molecule has 7 aliphatic rings. The fourth-order valence-electron chi connectivity index (χ4n) is 12.8. The molecule has 0 aromatic heterocycles. The molecule has 642 valence electrons. The Bertz CT molecular complexity index is 3090. The maximum atomic E-state index is 12.8. The molecule has 15 atom stereocenters. The van der Waals surface area contributed by atoms with Crippen LogP contribution in [0.2, 0.25) is 0 Å². The molecule has 0 aromatic rings. The molecule has 0 spiro atoms. The smallest absolute Gasteiger partial charge is 0.407 e. The summed E-state index contributed by atoms with van der Waals surface area (Å²) in [6.45, 7) is 17.1. The van der Waals surface area contributed by atoms with Gasteiger partial charge in [0.05, 0.1) is 0 Å². The van der Waals surface area contributed by atoms with Crippen molar-refractivity contribution in [3.05, 3.63) is 0 Å². The van der Waals surface area contributed by atoms with Gasteiger partial charge in [-0.25, -0.2) is 4.79 Å². The van der Waals surface area contributed by atoms with Gasteiger partial charge in [0.2, 0.25) is 0 Å². The zero-order chi connectivity index (χ0) is 84.5. The topological polar surface area (TPSA) is 509 Å². The number of amides is 1. The zero-order valence-corrected chi connectivity index (χ0v) is 68.2. The third-order valence-electron chi connectivity index (χ3n) is 16.8. The number of carbonyl (C=O) groups is 13. The van der Waals surface area contributed by atoms with E-state index >= 15 is 0 Å². The van der Waals surface area contributed by atoms with E-state index in [-0.39, 0.29) is 93.4 Å². The molecule has 0 radical (unpaired) electrons. The second kappa shape index (κ2) is 44.6. The Kier molecular flexibility index (Phi) is 37.0. The van der Waals surface area contributed by atoms with Gasteiger partial charge in [-0.1, -0.05) is 0 Å². The minimum absolute atomic E-state index is 0.0291. The van der Waals surface area contributed by atoms with E-state index in [0.717, 1.165) is 83.1 Å². The number of ether oxygens (including phenoxy) is 22. The highest BCUT2D eigenvalue weighted by Gasteiger charge is 2.69. The summed E-state index contributed by atoms with van der Waals surface area (Å²) in [5.74, 6) is -11.4. The van der Waals surface area contributed by atoms with Crippen LogP contribution in [0, 0.1) is 0 Å². The summed E-state index contributed by atoms with van der Waals surface area (Å²) in [6.07, 6.45) is -26.8. The van der Waals surface area contributed by atoms with Crippen molar-refractivity contribution in [2.24, 2.45) is 0 Å². The van der Waals surface area contributed by atoms with Crippen molar-refractivity contribution >= 4 is 130 Å². The van der Waals surface area contributed by atoms with Crippen LogP contribution in [0.4, 0.5) is 4.79 Å². The molecule has 1 aliphatic carbocycles. The normalized spacial score (nSPS) is 29.8. The van der Waals surface area contributed by atoms with Crippen LogP contribution in [-0.4, -0.2) is 299 Å². The average molecular weight is 1690 g/mol. The highest BCUT2D eigenvalue weighted by atomic mass is 32.1.